The van der Waals surface area contributed by atoms with Crippen molar-refractivity contribution in [2.45, 2.75) is 38.5 Å². The Morgan fingerprint density at radius 1 is 1.26 bits per heavy atom. The van der Waals surface area contributed by atoms with Gasteiger partial charge in [-0.1, -0.05) is 6.07 Å². The van der Waals surface area contributed by atoms with Crippen LogP contribution in [0.15, 0.2) is 30.3 Å². The zero-order valence-corrected chi connectivity index (χ0v) is 16.6. The van der Waals surface area contributed by atoms with E-state index in [9.17, 15) is 26.7 Å². The summed E-state index contributed by atoms with van der Waals surface area (Å²) in [5, 5.41) is 8.88. The van der Waals surface area contributed by atoms with Gasteiger partial charge in [0.1, 0.15) is 17.3 Å². The highest BCUT2D eigenvalue weighted by atomic mass is 19.3. The van der Waals surface area contributed by atoms with E-state index in [0.717, 1.165) is 18.2 Å². The van der Waals surface area contributed by atoms with Crippen molar-refractivity contribution in [3.63, 3.8) is 0 Å². The molecule has 168 valence electrons. The predicted octanol–water partition coefficient (Wildman–Crippen LogP) is 5.05. The van der Waals surface area contributed by atoms with Crippen LogP contribution >= 0.6 is 0 Å². The maximum absolute atomic E-state index is 14.8. The number of nitrogens with zero attached hydrogens (tertiary/aromatic N) is 2. The zero-order chi connectivity index (χ0) is 22.8. The van der Waals surface area contributed by atoms with Gasteiger partial charge in [0, 0.05) is 38.1 Å². The van der Waals surface area contributed by atoms with Crippen molar-refractivity contribution in [1.29, 1.82) is 0 Å². The Balaban J connectivity index is 1.80. The van der Waals surface area contributed by atoms with Gasteiger partial charge in [0.25, 0.3) is 0 Å². The van der Waals surface area contributed by atoms with Crippen LogP contribution in [0.25, 0.3) is 11.3 Å². The first-order chi connectivity index (χ1) is 14.6. The highest BCUT2D eigenvalue weighted by Gasteiger charge is 2.38. The summed E-state index contributed by atoms with van der Waals surface area (Å²) in [6, 6.07) is 5.99. The molecule has 31 heavy (non-hydrogen) atoms. The number of benzene rings is 1. The number of halogens is 5. The Morgan fingerprint density at radius 3 is 2.42 bits per heavy atom. The molecule has 0 radical (unpaired) electrons. The first kappa shape index (κ1) is 22.8. The fraction of sp³-hybridized carbons (Fsp3) is 0.429. The van der Waals surface area contributed by atoms with Gasteiger partial charge in [0.05, 0.1) is 5.69 Å². The molecule has 1 atom stereocenters. The number of aromatic nitrogens is 1. The summed E-state index contributed by atoms with van der Waals surface area (Å²) >= 11 is 0. The quantitative estimate of drug-likeness (QED) is 0.606. The molecule has 10 heteroatoms. The molecule has 2 aromatic rings. The number of pyridine rings is 1. The van der Waals surface area contributed by atoms with Crippen LogP contribution in [-0.2, 0) is 4.79 Å². The SMILES string of the molecule is CC(F)(Oc1cccc(-c2cc(F)c(N3CCC(CC(=O)O)CC3)c(F)c2)n1)C(F)F. The molecular weight excluding hydrogens is 423 g/mol. The van der Waals surface area contributed by atoms with Crippen LogP contribution in [0, 0.1) is 17.6 Å². The average Bonchev–Trinajstić information content (AvgIpc) is 2.68. The lowest BCUT2D eigenvalue weighted by Gasteiger charge is -2.33. The summed E-state index contributed by atoms with van der Waals surface area (Å²) in [5.41, 5.74) is -0.173. The largest absolute Gasteiger partial charge is 0.481 e. The minimum Gasteiger partial charge on any atom is -0.481 e. The maximum Gasteiger partial charge on any atom is 0.306 e. The minimum atomic E-state index is -3.41. The van der Waals surface area contributed by atoms with Gasteiger partial charge in [-0.15, -0.1) is 0 Å². The third-order valence-corrected chi connectivity index (χ3v) is 5.12. The van der Waals surface area contributed by atoms with Gasteiger partial charge in [-0.05, 0) is 37.0 Å². The standard InChI is InChI=1S/C21H21F5N2O3/c1-21(26,20(24)25)31-17-4-2-3-16(27-17)13-10-14(22)19(15(23)11-13)28-7-5-12(6-8-28)9-18(29)30/h2-4,10-12,20H,5-9H2,1H3,(H,29,30). The third-order valence-electron chi connectivity index (χ3n) is 5.12. The molecule has 1 unspecified atom stereocenters. The second-order valence-corrected chi connectivity index (χ2v) is 7.57. The molecule has 3 rings (SSSR count). The lowest BCUT2D eigenvalue weighted by Crippen LogP contribution is -2.35. The van der Waals surface area contributed by atoms with Gasteiger partial charge in [0.2, 0.25) is 5.88 Å². The number of ether oxygens (including phenoxy) is 1. The summed E-state index contributed by atoms with van der Waals surface area (Å²) in [4.78, 5) is 16.2. The summed E-state index contributed by atoms with van der Waals surface area (Å²) in [5.74, 6) is -6.35. The molecule has 1 aromatic carbocycles. The second kappa shape index (κ2) is 9.07. The van der Waals surface area contributed by atoms with Gasteiger partial charge in [-0.25, -0.2) is 22.5 Å². The number of aliphatic carboxylic acids is 1. The van der Waals surface area contributed by atoms with Crippen molar-refractivity contribution in [3.05, 3.63) is 42.0 Å². The fourth-order valence-electron chi connectivity index (χ4n) is 3.50. The van der Waals surface area contributed by atoms with Crippen molar-refractivity contribution < 1.29 is 36.6 Å². The summed E-state index contributed by atoms with van der Waals surface area (Å²) < 4.78 is 73.2. The molecule has 0 bridgehead atoms. The van der Waals surface area contributed by atoms with Crippen molar-refractivity contribution in [3.8, 4) is 17.1 Å². The van der Waals surface area contributed by atoms with E-state index in [-0.39, 0.29) is 29.3 Å². The Morgan fingerprint density at radius 2 is 1.87 bits per heavy atom. The summed E-state index contributed by atoms with van der Waals surface area (Å²) in [7, 11) is 0. The van der Waals surface area contributed by atoms with E-state index in [1.54, 1.807) is 0 Å². The maximum atomic E-state index is 14.8. The Hall–Kier alpha value is -2.91. The van der Waals surface area contributed by atoms with Crippen molar-refractivity contribution >= 4 is 11.7 Å². The van der Waals surface area contributed by atoms with Gasteiger partial charge >= 0.3 is 18.2 Å². The van der Waals surface area contributed by atoms with Crippen LogP contribution in [0.2, 0.25) is 0 Å². The lowest BCUT2D eigenvalue weighted by atomic mass is 9.93. The molecule has 1 aliphatic heterocycles. The second-order valence-electron chi connectivity index (χ2n) is 7.57. The first-order valence-corrected chi connectivity index (χ1v) is 9.66. The van der Waals surface area contributed by atoms with Crippen LogP contribution in [0.5, 0.6) is 5.88 Å². The van der Waals surface area contributed by atoms with Gasteiger partial charge in [0.15, 0.2) is 0 Å². The number of carbonyl (C=O) groups is 1. The van der Waals surface area contributed by atoms with E-state index in [1.165, 1.54) is 17.0 Å². The molecular formula is C21H21F5N2O3. The Bertz CT molecular complexity index is 923. The molecule has 0 spiro atoms. The first-order valence-electron chi connectivity index (χ1n) is 9.66. The molecule has 0 saturated carbocycles. The molecule has 0 aliphatic carbocycles. The third kappa shape index (κ3) is 5.42. The van der Waals surface area contributed by atoms with Crippen molar-refractivity contribution in [2.24, 2.45) is 5.92 Å². The van der Waals surface area contributed by atoms with Crippen molar-refractivity contribution in [1.82, 2.24) is 4.98 Å². The number of anilines is 1. The Labute approximate surface area is 175 Å². The number of hydrogen-bond donors (Lipinski definition) is 1. The molecule has 0 amide bonds. The van der Waals surface area contributed by atoms with Gasteiger partial charge < -0.3 is 14.7 Å². The fourth-order valence-corrected chi connectivity index (χ4v) is 3.50. The summed E-state index contributed by atoms with van der Waals surface area (Å²) in [6.07, 6.45) is -2.39. The minimum absolute atomic E-state index is 0.0192. The Kier molecular flexibility index (Phi) is 6.66. The van der Waals surface area contributed by atoms with Crippen LogP contribution in [0.4, 0.5) is 27.6 Å². The van der Waals surface area contributed by atoms with Gasteiger partial charge in [-0.3, -0.25) is 4.79 Å². The number of hydrogen-bond acceptors (Lipinski definition) is 4. The smallest absolute Gasteiger partial charge is 0.306 e. The van der Waals surface area contributed by atoms with E-state index in [1.807, 2.05) is 0 Å². The summed E-state index contributed by atoms with van der Waals surface area (Å²) in [6.45, 7) is 1.19. The number of alkyl halides is 3. The zero-order valence-electron chi connectivity index (χ0n) is 16.6. The average molecular weight is 444 g/mol. The predicted molar refractivity (Wildman–Crippen MR) is 103 cm³/mol. The number of carboxylic acid groups (broad SMARTS) is 1. The molecule has 5 nitrogen and oxygen atoms in total. The molecule has 1 aromatic heterocycles. The molecule has 1 saturated heterocycles. The van der Waals surface area contributed by atoms with Crippen molar-refractivity contribution in [2.75, 3.05) is 18.0 Å². The highest BCUT2D eigenvalue weighted by molar-refractivity contribution is 5.67. The van der Waals surface area contributed by atoms with E-state index < -0.39 is 35.8 Å². The lowest BCUT2D eigenvalue weighted by molar-refractivity contribution is -0.154. The topological polar surface area (TPSA) is 62.7 Å². The van der Waals surface area contributed by atoms with E-state index in [0.29, 0.717) is 32.9 Å². The molecule has 2 heterocycles. The van der Waals surface area contributed by atoms with Gasteiger partial charge in [-0.2, -0.15) is 4.39 Å². The van der Waals surface area contributed by atoms with E-state index in [4.69, 9.17) is 5.11 Å². The van der Waals surface area contributed by atoms with Crippen LogP contribution in [0.3, 0.4) is 0 Å². The van der Waals surface area contributed by atoms with Crippen LogP contribution in [0.1, 0.15) is 26.2 Å². The van der Waals surface area contributed by atoms with E-state index in [2.05, 4.69) is 9.72 Å². The monoisotopic (exact) mass is 444 g/mol. The molecule has 1 fully saturated rings. The molecule has 1 aliphatic rings. The number of rotatable bonds is 7. The molecule has 1 N–H and O–H groups in total. The van der Waals surface area contributed by atoms with Crippen LogP contribution in [-0.4, -0.2) is 41.4 Å². The number of piperidine rings is 1. The highest BCUT2D eigenvalue weighted by Crippen LogP contribution is 2.33. The van der Waals surface area contributed by atoms with Crippen LogP contribution < -0.4 is 9.64 Å². The normalized spacial score (nSPS) is 16.9. The van der Waals surface area contributed by atoms with E-state index >= 15 is 0 Å². The number of carboxylic acids is 1.